The van der Waals surface area contributed by atoms with E-state index in [4.69, 9.17) is 0 Å². The van der Waals surface area contributed by atoms with E-state index in [2.05, 4.69) is 43.6 Å². The molecular weight excluding hydrogens is 322 g/mol. The number of thioether (sulfide) groups is 1. The quantitative estimate of drug-likeness (QED) is 0.729. The molecule has 0 bridgehead atoms. The molecule has 2 nitrogen and oxygen atoms in total. The van der Waals surface area contributed by atoms with E-state index in [0.29, 0.717) is 0 Å². The van der Waals surface area contributed by atoms with Gasteiger partial charge in [-0.3, -0.25) is 4.79 Å². The first-order chi connectivity index (χ1) is 8.84. The van der Waals surface area contributed by atoms with Gasteiger partial charge in [0.25, 0.3) is 0 Å². The highest BCUT2D eigenvalue weighted by atomic mass is 79.9. The molecule has 0 radical (unpaired) electrons. The number of rotatable bonds is 5. The lowest BCUT2D eigenvalue weighted by molar-refractivity contribution is -0.133. The van der Waals surface area contributed by atoms with Crippen molar-refractivity contribution in [1.82, 2.24) is 4.90 Å². The maximum atomic E-state index is 12.5. The fraction of sp³-hybridized carbons (Fsp3) is 0.533. The lowest BCUT2D eigenvalue weighted by Gasteiger charge is -2.33. The first-order valence-electron chi connectivity index (χ1n) is 6.58. The second-order valence-corrected chi connectivity index (χ2v) is 7.36. The highest BCUT2D eigenvalue weighted by Gasteiger charge is 2.25. The van der Waals surface area contributed by atoms with Crippen molar-refractivity contribution >= 4 is 33.6 Å². The summed E-state index contributed by atoms with van der Waals surface area (Å²) in [6, 6.07) is 8.47. The Labute approximate surface area is 129 Å². The molecule has 0 spiro atoms. The molecule has 0 N–H and O–H groups in total. The van der Waals surface area contributed by atoms with E-state index in [1.54, 1.807) is 11.8 Å². The molecule has 0 heterocycles. The first-order valence-corrected chi connectivity index (χ1v) is 8.25. The molecule has 1 amide bonds. The number of hydrogen-bond donors (Lipinski definition) is 0. The van der Waals surface area contributed by atoms with E-state index >= 15 is 0 Å². The predicted molar refractivity (Wildman–Crippen MR) is 86.6 cm³/mol. The van der Waals surface area contributed by atoms with Crippen molar-refractivity contribution in [2.45, 2.75) is 56.8 Å². The van der Waals surface area contributed by atoms with Crippen LogP contribution in [0.5, 0.6) is 0 Å². The van der Waals surface area contributed by atoms with Crippen LogP contribution in [0.25, 0.3) is 0 Å². The standard InChI is InChI=1S/C15H22BrNOS/c1-10(2)17(11(3)4)15(18)12(5)19-14-9-7-6-8-13(14)16/h6-12H,1-5H3. The Bertz CT molecular complexity index is 426. The minimum absolute atomic E-state index is 0.0801. The predicted octanol–water partition coefficient (Wildman–Crippen LogP) is 4.58. The van der Waals surface area contributed by atoms with E-state index in [9.17, 15) is 4.79 Å². The highest BCUT2D eigenvalue weighted by molar-refractivity contribution is 9.10. The van der Waals surface area contributed by atoms with E-state index in [1.807, 2.05) is 36.1 Å². The Morgan fingerprint density at radius 1 is 1.11 bits per heavy atom. The van der Waals surface area contributed by atoms with Gasteiger partial charge in [0.2, 0.25) is 5.91 Å². The number of amides is 1. The number of hydrogen-bond acceptors (Lipinski definition) is 2. The van der Waals surface area contributed by atoms with Crippen molar-refractivity contribution < 1.29 is 4.79 Å². The normalized spacial score (nSPS) is 12.8. The second-order valence-electron chi connectivity index (χ2n) is 5.12. The SMILES string of the molecule is CC(Sc1ccccc1Br)C(=O)N(C(C)C)C(C)C. The molecule has 1 rings (SSSR count). The van der Waals surface area contributed by atoms with Crippen molar-refractivity contribution in [3.63, 3.8) is 0 Å². The Morgan fingerprint density at radius 2 is 1.63 bits per heavy atom. The van der Waals surface area contributed by atoms with Crippen LogP contribution in [0.2, 0.25) is 0 Å². The summed E-state index contributed by atoms with van der Waals surface area (Å²) in [5.41, 5.74) is 0. The Hall–Kier alpha value is -0.480. The van der Waals surface area contributed by atoms with Crippen LogP contribution in [0.3, 0.4) is 0 Å². The summed E-state index contributed by atoms with van der Waals surface area (Å²) in [5.74, 6) is 0.200. The number of nitrogens with zero attached hydrogens (tertiary/aromatic N) is 1. The Balaban J connectivity index is 2.80. The zero-order chi connectivity index (χ0) is 14.6. The number of benzene rings is 1. The minimum Gasteiger partial charge on any atom is -0.337 e. The van der Waals surface area contributed by atoms with Crippen LogP contribution in [0.1, 0.15) is 34.6 Å². The van der Waals surface area contributed by atoms with E-state index in [-0.39, 0.29) is 23.2 Å². The molecule has 1 aromatic carbocycles. The largest absolute Gasteiger partial charge is 0.337 e. The smallest absolute Gasteiger partial charge is 0.236 e. The molecule has 0 aliphatic carbocycles. The fourth-order valence-electron chi connectivity index (χ4n) is 2.10. The Morgan fingerprint density at radius 3 is 2.11 bits per heavy atom. The first kappa shape index (κ1) is 16.6. The lowest BCUT2D eigenvalue weighted by Crippen LogP contribution is -2.45. The van der Waals surface area contributed by atoms with Crippen LogP contribution in [-0.2, 0) is 4.79 Å². The van der Waals surface area contributed by atoms with Gasteiger partial charge in [0.15, 0.2) is 0 Å². The number of carbonyl (C=O) groups excluding carboxylic acids is 1. The molecule has 19 heavy (non-hydrogen) atoms. The molecule has 0 saturated heterocycles. The molecule has 1 unspecified atom stereocenters. The van der Waals surface area contributed by atoms with Crippen LogP contribution >= 0.6 is 27.7 Å². The molecule has 0 aliphatic heterocycles. The summed E-state index contributed by atoms with van der Waals surface area (Å²) in [6.07, 6.45) is 0. The van der Waals surface area contributed by atoms with E-state index in [0.717, 1.165) is 9.37 Å². The molecule has 106 valence electrons. The fourth-order valence-corrected chi connectivity index (χ4v) is 3.60. The van der Waals surface area contributed by atoms with Crippen molar-refractivity contribution in [2.24, 2.45) is 0 Å². The van der Waals surface area contributed by atoms with Gasteiger partial charge < -0.3 is 4.90 Å². The van der Waals surface area contributed by atoms with Gasteiger partial charge in [-0.15, -0.1) is 11.8 Å². The molecular formula is C15H22BrNOS. The lowest BCUT2D eigenvalue weighted by atomic mass is 10.2. The molecule has 0 aromatic heterocycles. The summed E-state index contributed by atoms with van der Waals surface area (Å²) < 4.78 is 1.04. The van der Waals surface area contributed by atoms with Crippen LogP contribution < -0.4 is 0 Å². The van der Waals surface area contributed by atoms with Gasteiger partial charge in [-0.2, -0.15) is 0 Å². The zero-order valence-corrected chi connectivity index (χ0v) is 14.6. The molecule has 0 aliphatic rings. The Kier molecular flexibility index (Phi) is 6.40. The summed E-state index contributed by atoms with van der Waals surface area (Å²) in [5, 5.41) is -0.0801. The monoisotopic (exact) mass is 343 g/mol. The van der Waals surface area contributed by atoms with Crippen molar-refractivity contribution in [3.8, 4) is 0 Å². The average molecular weight is 344 g/mol. The van der Waals surface area contributed by atoms with Gasteiger partial charge in [-0.25, -0.2) is 0 Å². The van der Waals surface area contributed by atoms with Gasteiger partial charge in [-0.05, 0) is 62.7 Å². The second kappa shape index (κ2) is 7.34. The van der Waals surface area contributed by atoms with E-state index in [1.165, 1.54) is 0 Å². The molecule has 4 heteroatoms. The third-order valence-electron chi connectivity index (χ3n) is 2.86. The van der Waals surface area contributed by atoms with Gasteiger partial charge in [0, 0.05) is 21.5 Å². The van der Waals surface area contributed by atoms with Crippen LogP contribution in [0, 0.1) is 0 Å². The van der Waals surface area contributed by atoms with Crippen LogP contribution in [-0.4, -0.2) is 28.1 Å². The maximum Gasteiger partial charge on any atom is 0.236 e. The minimum atomic E-state index is -0.0801. The average Bonchev–Trinajstić information content (AvgIpc) is 2.31. The molecule has 0 fully saturated rings. The topological polar surface area (TPSA) is 20.3 Å². The van der Waals surface area contributed by atoms with E-state index < -0.39 is 0 Å². The zero-order valence-electron chi connectivity index (χ0n) is 12.2. The van der Waals surface area contributed by atoms with Gasteiger partial charge in [0.05, 0.1) is 5.25 Å². The highest BCUT2D eigenvalue weighted by Crippen LogP contribution is 2.31. The summed E-state index contributed by atoms with van der Waals surface area (Å²) in [6.45, 7) is 10.2. The van der Waals surface area contributed by atoms with Gasteiger partial charge in [0.1, 0.15) is 0 Å². The maximum absolute atomic E-state index is 12.5. The van der Waals surface area contributed by atoms with Crippen LogP contribution in [0.15, 0.2) is 33.6 Å². The number of halogens is 1. The third kappa shape index (κ3) is 4.53. The third-order valence-corrected chi connectivity index (χ3v) is 4.97. The van der Waals surface area contributed by atoms with Gasteiger partial charge >= 0.3 is 0 Å². The molecule has 1 aromatic rings. The molecule has 1 atom stereocenters. The summed E-state index contributed by atoms with van der Waals surface area (Å²) in [7, 11) is 0. The molecule has 0 saturated carbocycles. The van der Waals surface area contributed by atoms with Crippen LogP contribution in [0.4, 0.5) is 0 Å². The summed E-state index contributed by atoms with van der Waals surface area (Å²) >= 11 is 5.13. The van der Waals surface area contributed by atoms with Crippen molar-refractivity contribution in [3.05, 3.63) is 28.7 Å². The van der Waals surface area contributed by atoms with Crippen molar-refractivity contribution in [1.29, 1.82) is 0 Å². The van der Waals surface area contributed by atoms with Crippen molar-refractivity contribution in [2.75, 3.05) is 0 Å². The number of carbonyl (C=O) groups is 1. The van der Waals surface area contributed by atoms with Gasteiger partial charge in [-0.1, -0.05) is 12.1 Å². The summed E-state index contributed by atoms with van der Waals surface area (Å²) in [4.78, 5) is 15.6.